The lowest BCUT2D eigenvalue weighted by atomic mass is 10.1. The predicted molar refractivity (Wildman–Crippen MR) is 121 cm³/mol. The van der Waals surface area contributed by atoms with Gasteiger partial charge in [0.2, 0.25) is 11.5 Å². The minimum absolute atomic E-state index is 0.0799. The van der Waals surface area contributed by atoms with Crippen molar-refractivity contribution in [3.05, 3.63) is 59.6 Å². The number of nitrogens with zero attached hydrogens (tertiary/aromatic N) is 7. The molecule has 0 saturated carbocycles. The Morgan fingerprint density at radius 3 is 2.69 bits per heavy atom. The summed E-state index contributed by atoms with van der Waals surface area (Å²) in [6.45, 7) is 9.89. The average Bonchev–Trinajstić information content (AvgIpc) is 3.43. The molecule has 0 amide bonds. The summed E-state index contributed by atoms with van der Waals surface area (Å²) in [6, 6.07) is 9.71. The van der Waals surface area contributed by atoms with Gasteiger partial charge in [-0.2, -0.15) is 5.10 Å². The van der Waals surface area contributed by atoms with Crippen LogP contribution in [-0.2, 0) is 19.5 Å². The van der Waals surface area contributed by atoms with E-state index in [2.05, 4.69) is 43.4 Å². The van der Waals surface area contributed by atoms with Gasteiger partial charge in [0, 0.05) is 50.3 Å². The van der Waals surface area contributed by atoms with Gasteiger partial charge in [0.25, 0.3) is 0 Å². The quantitative estimate of drug-likeness (QED) is 0.466. The molecule has 166 valence electrons. The summed E-state index contributed by atoms with van der Waals surface area (Å²) in [7, 11) is 0. The molecule has 0 unspecified atom stereocenters. The Hall–Kier alpha value is -3.33. The fraction of sp³-hybridized carbons (Fsp3) is 0.391. The first-order chi connectivity index (χ1) is 15.5. The van der Waals surface area contributed by atoms with E-state index in [1.165, 1.54) is 5.69 Å². The number of halogens is 1. The fourth-order valence-electron chi connectivity index (χ4n) is 4.39. The van der Waals surface area contributed by atoms with E-state index in [0.717, 1.165) is 43.3 Å². The number of fused-ring (bicyclic) bond motifs is 2. The van der Waals surface area contributed by atoms with Crippen molar-refractivity contribution in [3.8, 4) is 11.3 Å². The minimum atomic E-state index is 0.0799. The molecule has 32 heavy (non-hydrogen) atoms. The molecule has 1 N–H and O–H groups in total. The van der Waals surface area contributed by atoms with Crippen molar-refractivity contribution in [1.29, 1.82) is 0 Å². The number of rotatable bonds is 6. The Kier molecular flexibility index (Phi) is 5.34. The van der Waals surface area contributed by atoms with Gasteiger partial charge in [0.1, 0.15) is 5.82 Å². The van der Waals surface area contributed by atoms with Crippen LogP contribution in [0.15, 0.2) is 36.5 Å². The molecule has 0 spiro atoms. The van der Waals surface area contributed by atoms with Crippen LogP contribution in [-0.4, -0.2) is 47.1 Å². The summed E-state index contributed by atoms with van der Waals surface area (Å²) < 4.78 is 17.6. The van der Waals surface area contributed by atoms with Crippen LogP contribution in [0, 0.1) is 6.92 Å². The Bertz CT molecular complexity index is 1240. The molecule has 3 aromatic heterocycles. The van der Waals surface area contributed by atoms with Crippen LogP contribution in [0.5, 0.6) is 0 Å². The first-order valence-corrected chi connectivity index (χ1v) is 11.0. The molecule has 0 radical (unpaired) electrons. The van der Waals surface area contributed by atoms with Gasteiger partial charge in [-0.15, -0.1) is 4.48 Å². The second-order valence-electron chi connectivity index (χ2n) is 8.56. The van der Waals surface area contributed by atoms with Crippen LogP contribution < -0.4 is 5.54 Å². The molecular formula is C23H27FN8. The fourth-order valence-corrected chi connectivity index (χ4v) is 4.39. The van der Waals surface area contributed by atoms with E-state index in [0.29, 0.717) is 29.5 Å². The topological polar surface area (TPSA) is 76.2 Å². The van der Waals surface area contributed by atoms with Gasteiger partial charge in [0.15, 0.2) is 5.82 Å². The highest BCUT2D eigenvalue weighted by Crippen LogP contribution is 2.26. The van der Waals surface area contributed by atoms with Crippen molar-refractivity contribution in [2.75, 3.05) is 18.6 Å². The van der Waals surface area contributed by atoms with Crippen molar-refractivity contribution in [2.24, 2.45) is 0 Å². The number of aromatic nitrogens is 6. The highest BCUT2D eigenvalue weighted by molar-refractivity contribution is 5.70. The second kappa shape index (κ2) is 8.31. The van der Waals surface area contributed by atoms with Crippen molar-refractivity contribution in [3.63, 3.8) is 0 Å². The van der Waals surface area contributed by atoms with Gasteiger partial charge >= 0.3 is 0 Å². The maximum absolute atomic E-state index is 13.6. The molecule has 5 rings (SSSR count). The lowest BCUT2D eigenvalue weighted by molar-refractivity contribution is 0.220. The zero-order valence-electron chi connectivity index (χ0n) is 18.6. The second-order valence-corrected chi connectivity index (χ2v) is 8.56. The molecule has 0 atom stereocenters. The summed E-state index contributed by atoms with van der Waals surface area (Å²) in [6.07, 6.45) is 2.67. The number of imidazole rings is 1. The summed E-state index contributed by atoms with van der Waals surface area (Å²) in [5, 5.41) is 4.68. The number of aryl methyl sites for hydroxylation is 1. The molecule has 9 heteroatoms. The van der Waals surface area contributed by atoms with E-state index in [4.69, 9.17) is 0 Å². The molecule has 4 heterocycles. The number of benzene rings is 1. The highest BCUT2D eigenvalue weighted by atomic mass is 19.2. The normalized spacial score (nSPS) is 14.3. The van der Waals surface area contributed by atoms with Crippen molar-refractivity contribution >= 4 is 11.5 Å². The smallest absolute Gasteiger partial charge is 0.201 e. The number of nitrogens with one attached hydrogen (secondary N) is 1. The Labute approximate surface area is 186 Å². The maximum atomic E-state index is 13.6. The summed E-state index contributed by atoms with van der Waals surface area (Å²) in [4.78, 5) is 16.0. The Morgan fingerprint density at radius 2 is 1.94 bits per heavy atom. The van der Waals surface area contributed by atoms with E-state index in [1.807, 2.05) is 43.5 Å². The number of hydrogen-bond donors (Lipinski definition) is 1. The average molecular weight is 435 g/mol. The minimum Gasteiger partial charge on any atom is -0.329 e. The molecule has 0 aliphatic carbocycles. The molecule has 0 bridgehead atoms. The van der Waals surface area contributed by atoms with Crippen LogP contribution in [0.3, 0.4) is 0 Å². The number of hydrogen-bond acceptors (Lipinski definition) is 6. The Morgan fingerprint density at radius 1 is 1.12 bits per heavy atom. The molecule has 1 aliphatic heterocycles. The third-order valence-electron chi connectivity index (χ3n) is 6.05. The predicted octanol–water partition coefficient (Wildman–Crippen LogP) is 3.77. The van der Waals surface area contributed by atoms with E-state index in [1.54, 1.807) is 10.1 Å². The molecule has 1 aromatic carbocycles. The summed E-state index contributed by atoms with van der Waals surface area (Å²) >= 11 is 0. The van der Waals surface area contributed by atoms with Crippen LogP contribution in [0.1, 0.15) is 42.8 Å². The first kappa shape index (κ1) is 20.6. The van der Waals surface area contributed by atoms with Gasteiger partial charge in [-0.1, -0.05) is 44.2 Å². The van der Waals surface area contributed by atoms with Crippen LogP contribution in [0.2, 0.25) is 0 Å². The largest absolute Gasteiger partial charge is 0.329 e. The van der Waals surface area contributed by atoms with Gasteiger partial charge in [-0.25, -0.2) is 25.0 Å². The van der Waals surface area contributed by atoms with E-state index < -0.39 is 0 Å². The highest BCUT2D eigenvalue weighted by Gasteiger charge is 2.22. The molecule has 4 aromatic rings. The van der Waals surface area contributed by atoms with E-state index in [9.17, 15) is 4.48 Å². The monoisotopic (exact) mass is 434 g/mol. The maximum Gasteiger partial charge on any atom is 0.201 e. The third kappa shape index (κ3) is 3.62. The van der Waals surface area contributed by atoms with Crippen LogP contribution >= 0.6 is 0 Å². The molecule has 0 fully saturated rings. The van der Waals surface area contributed by atoms with Gasteiger partial charge < -0.3 is 4.57 Å². The van der Waals surface area contributed by atoms with Gasteiger partial charge in [0.05, 0.1) is 17.1 Å². The first-order valence-electron chi connectivity index (χ1n) is 11.0. The third-order valence-corrected chi connectivity index (χ3v) is 6.05. The zero-order valence-corrected chi connectivity index (χ0v) is 18.6. The summed E-state index contributed by atoms with van der Waals surface area (Å²) in [5.41, 5.74) is 5.76. The number of anilines is 1. The standard InChI is InChI=1S/C23H27FN8/c1-15(2)22-25-13-18-14-30(11-12-31(18)22)10-9-19-26-23-21(28-24)27-20(16(3)32(23)29-19)17-7-5-4-6-8-17/h4-8,13,15H,9-12,14H2,1-3H3,(H,27,28). The van der Waals surface area contributed by atoms with Crippen LogP contribution in [0.4, 0.5) is 10.3 Å². The van der Waals surface area contributed by atoms with Crippen LogP contribution in [0.25, 0.3) is 16.9 Å². The van der Waals surface area contributed by atoms with E-state index >= 15 is 0 Å². The van der Waals surface area contributed by atoms with E-state index in [-0.39, 0.29) is 5.82 Å². The van der Waals surface area contributed by atoms with Crippen molar-refractivity contribution in [1.82, 2.24) is 34.0 Å². The van der Waals surface area contributed by atoms with Crippen molar-refractivity contribution < 1.29 is 4.48 Å². The van der Waals surface area contributed by atoms with Gasteiger partial charge in [-0.05, 0) is 6.92 Å². The zero-order chi connectivity index (χ0) is 22.2. The van der Waals surface area contributed by atoms with Crippen molar-refractivity contribution in [2.45, 2.75) is 46.2 Å². The Balaban J connectivity index is 1.37. The lowest BCUT2D eigenvalue weighted by Crippen LogP contribution is -2.35. The molecule has 8 nitrogen and oxygen atoms in total. The SMILES string of the molecule is Cc1c(-c2ccccc2)nc(NF)c2nc(CCN3CCn4c(cnc4C(C)C)C3)nn12. The van der Waals surface area contributed by atoms with Gasteiger partial charge in [-0.3, -0.25) is 4.90 Å². The summed E-state index contributed by atoms with van der Waals surface area (Å²) in [5.74, 6) is 2.34. The molecule has 0 saturated heterocycles. The molecule has 1 aliphatic rings. The molecular weight excluding hydrogens is 407 g/mol. The lowest BCUT2D eigenvalue weighted by Gasteiger charge is -2.29.